The number of hydrogen-bond donors (Lipinski definition) is 0. The van der Waals surface area contributed by atoms with Crippen LogP contribution in [0.5, 0.6) is 0 Å². The lowest BCUT2D eigenvalue weighted by molar-refractivity contribution is -0.187. The largest absolute Gasteiger partial charge is 0.377 e. The average Bonchev–Trinajstić information content (AvgIpc) is 2.36. The summed E-state index contributed by atoms with van der Waals surface area (Å²) >= 11 is 3.78. The summed E-state index contributed by atoms with van der Waals surface area (Å²) in [6, 6.07) is 0. The van der Waals surface area contributed by atoms with Crippen LogP contribution in [0.3, 0.4) is 0 Å². The van der Waals surface area contributed by atoms with E-state index in [-0.39, 0.29) is 16.3 Å². The predicted octanol–water partition coefficient (Wildman–Crippen LogP) is 2.25. The first kappa shape index (κ1) is 11.2. The maximum Gasteiger partial charge on any atom is 0.185 e. The molecule has 0 N–H and O–H groups in total. The third-order valence-corrected chi connectivity index (χ3v) is 5.66. The summed E-state index contributed by atoms with van der Waals surface area (Å²) in [5, 5.41) is 0. The fraction of sp³-hybridized carbons (Fsp3) is 0.833. The first-order chi connectivity index (χ1) is 7.63. The van der Waals surface area contributed by atoms with Gasteiger partial charge < -0.3 is 14.2 Å². The van der Waals surface area contributed by atoms with E-state index < -0.39 is 5.79 Å². The number of alkyl halides is 1. The van der Waals surface area contributed by atoms with E-state index in [0.717, 1.165) is 19.4 Å². The molecule has 16 heavy (non-hydrogen) atoms. The highest BCUT2D eigenvalue weighted by molar-refractivity contribution is 9.09. The molecule has 4 heteroatoms. The Balaban J connectivity index is 2.01. The molecule has 0 saturated carbocycles. The van der Waals surface area contributed by atoms with Gasteiger partial charge in [-0.1, -0.05) is 27.6 Å². The lowest BCUT2D eigenvalue weighted by atomic mass is 9.70. The summed E-state index contributed by atoms with van der Waals surface area (Å²) in [5.74, 6) is -0.488. The summed E-state index contributed by atoms with van der Waals surface area (Å²) in [4.78, 5) is 0.187. The Kier molecular flexibility index (Phi) is 2.48. The summed E-state index contributed by atoms with van der Waals surface area (Å²) in [6.07, 6.45) is 4.58. The first-order valence-corrected chi connectivity index (χ1v) is 6.68. The second-order valence-corrected chi connectivity index (χ2v) is 6.01. The standard InChI is InChI=1S/C12H17BrO3/c1-8-5-11(9-3-4-15-9)7-16-12(6-8,14-2)10(11)13/h5,9-10H,3-4,6-7H2,1-2H3/t9-,10+,11+,12+/m1/s1. The van der Waals surface area contributed by atoms with E-state index in [1.165, 1.54) is 5.57 Å². The Labute approximate surface area is 104 Å². The molecule has 0 radical (unpaired) electrons. The molecule has 0 aromatic rings. The molecule has 4 atom stereocenters. The average molecular weight is 289 g/mol. The van der Waals surface area contributed by atoms with Crippen LogP contribution in [0.25, 0.3) is 0 Å². The zero-order chi connectivity index (χ0) is 11.4. The summed E-state index contributed by atoms with van der Waals surface area (Å²) in [7, 11) is 1.73. The SMILES string of the molecule is CO[C@@]12CC(C)=C[C@@]([C@H]3CCO3)(CO1)[C@@H]2Br. The van der Waals surface area contributed by atoms with Gasteiger partial charge in [0, 0.05) is 20.1 Å². The second-order valence-electron chi connectivity index (χ2n) is 5.10. The van der Waals surface area contributed by atoms with Gasteiger partial charge in [0.2, 0.25) is 0 Å². The van der Waals surface area contributed by atoms with Crippen LogP contribution < -0.4 is 0 Å². The number of rotatable bonds is 2. The van der Waals surface area contributed by atoms with E-state index in [0.29, 0.717) is 6.61 Å². The number of halogens is 1. The molecule has 3 rings (SSSR count). The van der Waals surface area contributed by atoms with Gasteiger partial charge in [0.05, 0.1) is 23.0 Å². The van der Waals surface area contributed by atoms with Crippen molar-refractivity contribution in [2.24, 2.45) is 5.41 Å². The first-order valence-electron chi connectivity index (χ1n) is 5.76. The molecule has 2 heterocycles. The maximum absolute atomic E-state index is 5.96. The zero-order valence-corrected chi connectivity index (χ0v) is 11.2. The van der Waals surface area contributed by atoms with Crippen molar-refractivity contribution < 1.29 is 14.2 Å². The number of hydrogen-bond acceptors (Lipinski definition) is 3. The second kappa shape index (κ2) is 3.55. The molecule has 1 aliphatic carbocycles. The molecule has 3 aliphatic rings. The minimum absolute atomic E-state index is 0.0312. The monoisotopic (exact) mass is 288 g/mol. The van der Waals surface area contributed by atoms with E-state index in [9.17, 15) is 0 Å². The van der Waals surface area contributed by atoms with Crippen molar-refractivity contribution in [3.05, 3.63) is 11.6 Å². The fourth-order valence-electron chi connectivity index (χ4n) is 3.20. The van der Waals surface area contributed by atoms with Gasteiger partial charge in [-0.05, 0) is 13.3 Å². The number of fused-ring (bicyclic) bond motifs is 2. The van der Waals surface area contributed by atoms with Crippen molar-refractivity contribution in [3.63, 3.8) is 0 Å². The zero-order valence-electron chi connectivity index (χ0n) is 9.66. The molecule has 0 aromatic heterocycles. The van der Waals surface area contributed by atoms with Crippen LogP contribution in [-0.4, -0.2) is 37.0 Å². The minimum atomic E-state index is -0.488. The van der Waals surface area contributed by atoms with Crippen molar-refractivity contribution in [2.75, 3.05) is 20.3 Å². The lowest BCUT2D eigenvalue weighted by Gasteiger charge is -2.46. The number of methoxy groups -OCH3 is 1. The molecule has 2 aliphatic heterocycles. The Morgan fingerprint density at radius 2 is 2.31 bits per heavy atom. The minimum Gasteiger partial charge on any atom is -0.377 e. The van der Waals surface area contributed by atoms with Gasteiger partial charge in [-0.25, -0.2) is 0 Å². The van der Waals surface area contributed by atoms with Crippen LogP contribution >= 0.6 is 15.9 Å². The van der Waals surface area contributed by atoms with Gasteiger partial charge in [-0.3, -0.25) is 0 Å². The van der Waals surface area contributed by atoms with Crippen molar-refractivity contribution in [3.8, 4) is 0 Å². The quantitative estimate of drug-likeness (QED) is 0.576. The molecule has 3 nitrogen and oxygen atoms in total. The summed E-state index contributed by atoms with van der Waals surface area (Å²) in [6.45, 7) is 3.71. The topological polar surface area (TPSA) is 27.7 Å². The van der Waals surface area contributed by atoms with Crippen LogP contribution in [0.15, 0.2) is 11.6 Å². The molecule has 0 amide bonds. The molecule has 90 valence electrons. The third kappa shape index (κ3) is 1.24. The van der Waals surface area contributed by atoms with E-state index in [2.05, 4.69) is 28.9 Å². The van der Waals surface area contributed by atoms with Crippen LogP contribution in [0.2, 0.25) is 0 Å². The Morgan fingerprint density at radius 1 is 1.56 bits per heavy atom. The highest BCUT2D eigenvalue weighted by Crippen LogP contribution is 2.56. The van der Waals surface area contributed by atoms with E-state index in [1.807, 2.05) is 0 Å². The van der Waals surface area contributed by atoms with E-state index in [4.69, 9.17) is 14.2 Å². The molecule has 0 unspecified atom stereocenters. The smallest absolute Gasteiger partial charge is 0.185 e. The Bertz CT molecular complexity index is 339. The highest BCUT2D eigenvalue weighted by Gasteiger charge is 2.63. The fourth-order valence-corrected chi connectivity index (χ4v) is 4.24. The molecule has 0 spiro atoms. The van der Waals surface area contributed by atoms with Gasteiger partial charge in [0.15, 0.2) is 5.79 Å². The van der Waals surface area contributed by atoms with Crippen molar-refractivity contribution >= 4 is 15.9 Å². The van der Waals surface area contributed by atoms with Crippen molar-refractivity contribution in [2.45, 2.75) is 36.5 Å². The Hall–Kier alpha value is 0.100. The normalized spacial score (nSPS) is 51.1. The summed E-state index contributed by atoms with van der Waals surface area (Å²) < 4.78 is 17.3. The molecule has 2 saturated heterocycles. The van der Waals surface area contributed by atoms with Gasteiger partial charge in [-0.2, -0.15) is 0 Å². The maximum atomic E-state index is 5.96. The predicted molar refractivity (Wildman–Crippen MR) is 63.6 cm³/mol. The lowest BCUT2D eigenvalue weighted by Crippen LogP contribution is -2.54. The number of ether oxygens (including phenoxy) is 3. The van der Waals surface area contributed by atoms with Crippen molar-refractivity contribution in [1.82, 2.24) is 0 Å². The van der Waals surface area contributed by atoms with Crippen LogP contribution in [0.1, 0.15) is 19.8 Å². The van der Waals surface area contributed by atoms with Crippen LogP contribution in [0.4, 0.5) is 0 Å². The van der Waals surface area contributed by atoms with Crippen LogP contribution in [-0.2, 0) is 14.2 Å². The molecule has 2 bridgehead atoms. The van der Waals surface area contributed by atoms with Gasteiger partial charge >= 0.3 is 0 Å². The highest BCUT2D eigenvalue weighted by atomic mass is 79.9. The summed E-state index contributed by atoms with van der Waals surface area (Å²) in [5.41, 5.74) is 1.31. The van der Waals surface area contributed by atoms with Crippen LogP contribution in [0, 0.1) is 5.41 Å². The van der Waals surface area contributed by atoms with Gasteiger partial charge in [-0.15, -0.1) is 0 Å². The van der Waals surface area contributed by atoms with Crippen molar-refractivity contribution in [1.29, 1.82) is 0 Å². The molecule has 2 fully saturated rings. The molecule has 0 aromatic carbocycles. The Morgan fingerprint density at radius 3 is 2.88 bits per heavy atom. The van der Waals surface area contributed by atoms with E-state index in [1.54, 1.807) is 7.11 Å². The van der Waals surface area contributed by atoms with Gasteiger partial charge in [0.25, 0.3) is 0 Å². The third-order valence-electron chi connectivity index (χ3n) is 4.11. The van der Waals surface area contributed by atoms with E-state index >= 15 is 0 Å². The molecular weight excluding hydrogens is 272 g/mol. The van der Waals surface area contributed by atoms with Gasteiger partial charge in [0.1, 0.15) is 0 Å². The molecular formula is C12H17BrO3.